The Balaban J connectivity index is 1.84. The second kappa shape index (κ2) is 5.01. The lowest BCUT2D eigenvalue weighted by molar-refractivity contribution is 0.352. The molecule has 0 amide bonds. The van der Waals surface area contributed by atoms with Crippen LogP contribution >= 0.6 is 11.3 Å². The Kier molecular flexibility index (Phi) is 3.11. The molecule has 0 aromatic carbocycles. The summed E-state index contributed by atoms with van der Waals surface area (Å²) in [4.78, 5) is 18.0. The van der Waals surface area contributed by atoms with Gasteiger partial charge in [-0.15, -0.1) is 11.3 Å². The van der Waals surface area contributed by atoms with Gasteiger partial charge in [0.25, 0.3) is 0 Å². The average molecular weight is 315 g/mol. The first-order valence-corrected chi connectivity index (χ1v) is 8.24. The molecule has 1 unspecified atom stereocenters. The van der Waals surface area contributed by atoms with Gasteiger partial charge in [-0.2, -0.15) is 4.98 Å². The first-order chi connectivity index (χ1) is 10.6. The molecule has 1 saturated heterocycles. The van der Waals surface area contributed by atoms with Crippen LogP contribution in [0.15, 0.2) is 10.9 Å². The Bertz CT molecular complexity index is 840. The lowest BCUT2D eigenvalue weighted by atomic mass is 10.2. The van der Waals surface area contributed by atoms with Crippen LogP contribution in [0.1, 0.15) is 41.0 Å². The minimum Gasteiger partial charge on any atom is -0.344 e. The summed E-state index contributed by atoms with van der Waals surface area (Å²) < 4.78 is 5.40. The van der Waals surface area contributed by atoms with Gasteiger partial charge in [0.05, 0.1) is 5.39 Å². The van der Waals surface area contributed by atoms with Crippen LogP contribution in [0, 0.1) is 20.8 Å². The maximum atomic E-state index is 5.40. The van der Waals surface area contributed by atoms with Crippen molar-refractivity contribution >= 4 is 27.4 Å². The van der Waals surface area contributed by atoms with E-state index < -0.39 is 0 Å². The van der Waals surface area contributed by atoms with Crippen molar-refractivity contribution in [2.45, 2.75) is 39.7 Å². The van der Waals surface area contributed by atoms with Gasteiger partial charge in [0.15, 0.2) is 5.82 Å². The number of hydrogen-bond acceptors (Lipinski definition) is 7. The van der Waals surface area contributed by atoms with Crippen molar-refractivity contribution in [1.82, 2.24) is 20.1 Å². The summed E-state index contributed by atoms with van der Waals surface area (Å²) >= 11 is 1.72. The standard InChI is InChI=1S/C15H17N5OS/c1-8-9(2)22-15-12(8)13(16-7-17-15)20-6-4-5-11(20)14-18-10(3)19-21-14/h7,11H,4-6H2,1-3H3. The number of rotatable bonds is 2. The first kappa shape index (κ1) is 13.6. The van der Waals surface area contributed by atoms with Gasteiger partial charge in [-0.1, -0.05) is 5.16 Å². The van der Waals surface area contributed by atoms with Gasteiger partial charge in [-0.25, -0.2) is 9.97 Å². The predicted molar refractivity (Wildman–Crippen MR) is 85.2 cm³/mol. The fourth-order valence-corrected chi connectivity index (χ4v) is 4.10. The van der Waals surface area contributed by atoms with Crippen LogP contribution < -0.4 is 4.90 Å². The minimum atomic E-state index is 0.110. The zero-order valence-electron chi connectivity index (χ0n) is 12.8. The van der Waals surface area contributed by atoms with Crippen molar-refractivity contribution in [3.8, 4) is 0 Å². The van der Waals surface area contributed by atoms with Gasteiger partial charge in [0.1, 0.15) is 23.0 Å². The van der Waals surface area contributed by atoms with Crippen molar-refractivity contribution in [2.75, 3.05) is 11.4 Å². The molecule has 1 aliphatic heterocycles. The Labute approximate surface area is 132 Å². The van der Waals surface area contributed by atoms with Gasteiger partial charge < -0.3 is 9.42 Å². The SMILES string of the molecule is Cc1noc(C2CCCN2c2ncnc3sc(C)c(C)c23)n1. The average Bonchev–Trinajstić information content (AvgIpc) is 3.19. The van der Waals surface area contributed by atoms with E-state index in [9.17, 15) is 0 Å². The summed E-state index contributed by atoms with van der Waals surface area (Å²) in [6.45, 7) is 7.07. The van der Waals surface area contributed by atoms with E-state index in [-0.39, 0.29) is 6.04 Å². The molecule has 3 aromatic heterocycles. The molecule has 0 saturated carbocycles. The van der Waals surface area contributed by atoms with E-state index in [1.807, 2.05) is 6.92 Å². The molecule has 0 aliphatic carbocycles. The molecule has 22 heavy (non-hydrogen) atoms. The monoisotopic (exact) mass is 315 g/mol. The minimum absolute atomic E-state index is 0.110. The molecule has 0 spiro atoms. The topological polar surface area (TPSA) is 67.9 Å². The summed E-state index contributed by atoms with van der Waals surface area (Å²) in [5.74, 6) is 2.36. The molecular formula is C15H17N5OS. The van der Waals surface area contributed by atoms with E-state index in [2.05, 4.69) is 38.9 Å². The van der Waals surface area contributed by atoms with Crippen molar-refractivity contribution in [3.05, 3.63) is 28.5 Å². The summed E-state index contributed by atoms with van der Waals surface area (Å²) in [6.07, 6.45) is 3.76. The van der Waals surface area contributed by atoms with Crippen molar-refractivity contribution in [2.24, 2.45) is 0 Å². The third-order valence-corrected chi connectivity index (χ3v) is 5.41. The van der Waals surface area contributed by atoms with Crippen molar-refractivity contribution in [1.29, 1.82) is 0 Å². The molecule has 1 fully saturated rings. The molecule has 4 rings (SSSR count). The van der Waals surface area contributed by atoms with E-state index >= 15 is 0 Å². The Morgan fingerprint density at radius 2 is 2.14 bits per heavy atom. The maximum absolute atomic E-state index is 5.40. The van der Waals surface area contributed by atoms with Crippen LogP contribution in [0.5, 0.6) is 0 Å². The maximum Gasteiger partial charge on any atom is 0.249 e. The lowest BCUT2D eigenvalue weighted by Gasteiger charge is -2.23. The molecule has 0 radical (unpaired) electrons. The third kappa shape index (κ3) is 1.99. The van der Waals surface area contributed by atoms with E-state index in [1.54, 1.807) is 17.7 Å². The Morgan fingerprint density at radius 3 is 2.91 bits per heavy atom. The number of hydrogen-bond donors (Lipinski definition) is 0. The van der Waals surface area contributed by atoms with Gasteiger partial charge in [0.2, 0.25) is 5.89 Å². The van der Waals surface area contributed by atoms with Gasteiger partial charge in [0, 0.05) is 11.4 Å². The summed E-state index contributed by atoms with van der Waals surface area (Å²) in [5, 5.41) is 5.09. The van der Waals surface area contributed by atoms with E-state index in [4.69, 9.17) is 4.52 Å². The van der Waals surface area contributed by atoms with E-state index in [0.717, 1.165) is 35.4 Å². The predicted octanol–water partition coefficient (Wildman–Crippen LogP) is 3.34. The molecule has 1 atom stereocenters. The number of fused-ring (bicyclic) bond motifs is 1. The van der Waals surface area contributed by atoms with Crippen molar-refractivity contribution < 1.29 is 4.52 Å². The quantitative estimate of drug-likeness (QED) is 0.722. The van der Waals surface area contributed by atoms with Gasteiger partial charge >= 0.3 is 0 Å². The van der Waals surface area contributed by atoms with Crippen LogP contribution in [0.4, 0.5) is 5.82 Å². The van der Waals surface area contributed by atoms with Gasteiger partial charge in [-0.3, -0.25) is 0 Å². The zero-order chi connectivity index (χ0) is 15.3. The molecule has 114 valence electrons. The second-order valence-corrected chi connectivity index (χ2v) is 6.90. The highest BCUT2D eigenvalue weighted by atomic mass is 32.1. The largest absolute Gasteiger partial charge is 0.344 e. The van der Waals surface area contributed by atoms with Crippen molar-refractivity contribution in [3.63, 3.8) is 0 Å². The van der Waals surface area contributed by atoms with Crippen LogP contribution in [0.25, 0.3) is 10.2 Å². The van der Waals surface area contributed by atoms with E-state index in [0.29, 0.717) is 11.7 Å². The summed E-state index contributed by atoms with van der Waals surface area (Å²) in [6, 6.07) is 0.110. The number of anilines is 1. The highest BCUT2D eigenvalue weighted by Gasteiger charge is 2.33. The fraction of sp³-hybridized carbons (Fsp3) is 0.467. The molecule has 3 aromatic rings. The number of aryl methyl sites for hydroxylation is 3. The van der Waals surface area contributed by atoms with Crippen LogP contribution in [-0.2, 0) is 0 Å². The lowest BCUT2D eigenvalue weighted by Crippen LogP contribution is -2.24. The zero-order valence-corrected chi connectivity index (χ0v) is 13.6. The molecule has 7 heteroatoms. The first-order valence-electron chi connectivity index (χ1n) is 7.42. The van der Waals surface area contributed by atoms with Crippen LogP contribution in [-0.4, -0.2) is 26.7 Å². The normalized spacial score (nSPS) is 18.5. The fourth-order valence-electron chi connectivity index (χ4n) is 3.11. The van der Waals surface area contributed by atoms with Crippen LogP contribution in [0.3, 0.4) is 0 Å². The second-order valence-electron chi connectivity index (χ2n) is 5.69. The van der Waals surface area contributed by atoms with Crippen LogP contribution in [0.2, 0.25) is 0 Å². The Morgan fingerprint density at radius 1 is 1.27 bits per heavy atom. The number of thiophene rings is 1. The van der Waals surface area contributed by atoms with Gasteiger partial charge in [-0.05, 0) is 39.2 Å². The molecule has 0 bridgehead atoms. The number of nitrogens with zero attached hydrogens (tertiary/aromatic N) is 5. The molecule has 1 aliphatic rings. The van der Waals surface area contributed by atoms with E-state index in [1.165, 1.54) is 10.4 Å². The molecule has 6 nitrogen and oxygen atoms in total. The number of aromatic nitrogens is 4. The highest BCUT2D eigenvalue weighted by Crippen LogP contribution is 2.40. The summed E-state index contributed by atoms with van der Waals surface area (Å²) in [7, 11) is 0. The smallest absolute Gasteiger partial charge is 0.249 e. The molecule has 0 N–H and O–H groups in total. The highest BCUT2D eigenvalue weighted by molar-refractivity contribution is 7.18. The Hall–Kier alpha value is -2.02. The molecule has 4 heterocycles. The third-order valence-electron chi connectivity index (χ3n) is 4.30. The molecular weight excluding hydrogens is 298 g/mol. The summed E-state index contributed by atoms with van der Waals surface area (Å²) in [5.41, 5.74) is 1.27.